The maximum atomic E-state index is 12.8. The maximum absolute atomic E-state index is 12.8. The van der Waals surface area contributed by atoms with Crippen molar-refractivity contribution < 1.29 is 13.2 Å². The Hall–Kier alpha value is -2.28. The van der Waals surface area contributed by atoms with Crippen LogP contribution in [0.2, 0.25) is 0 Å². The lowest BCUT2D eigenvalue weighted by atomic mass is 10.1. The Morgan fingerprint density at radius 2 is 1.92 bits per heavy atom. The molecule has 0 atom stereocenters. The number of nitrogens with zero attached hydrogens (tertiary/aromatic N) is 2. The van der Waals surface area contributed by atoms with E-state index in [4.69, 9.17) is 0 Å². The summed E-state index contributed by atoms with van der Waals surface area (Å²) in [6.07, 6.45) is 2.36. The summed E-state index contributed by atoms with van der Waals surface area (Å²) >= 11 is 0. The van der Waals surface area contributed by atoms with Crippen molar-refractivity contribution in [2.75, 3.05) is 17.8 Å². The van der Waals surface area contributed by atoms with E-state index in [0.29, 0.717) is 31.0 Å². The SMILES string of the molecule is CCN1CCCn2cc(S(=O)(=O)Nc3ccc(C)cc3C)cc2C1=O. The quantitative estimate of drug-likeness (QED) is 0.910. The number of aryl methyl sites for hydroxylation is 3. The van der Waals surface area contributed by atoms with E-state index in [1.165, 1.54) is 6.07 Å². The molecule has 0 radical (unpaired) electrons. The van der Waals surface area contributed by atoms with Crippen LogP contribution < -0.4 is 4.72 Å². The zero-order valence-corrected chi connectivity index (χ0v) is 15.6. The summed E-state index contributed by atoms with van der Waals surface area (Å²) in [7, 11) is -3.74. The first-order chi connectivity index (χ1) is 11.8. The summed E-state index contributed by atoms with van der Waals surface area (Å²) in [5.74, 6) is -0.118. The molecule has 25 heavy (non-hydrogen) atoms. The molecule has 0 fully saturated rings. The highest BCUT2D eigenvalue weighted by Crippen LogP contribution is 2.24. The van der Waals surface area contributed by atoms with E-state index in [1.807, 2.05) is 32.9 Å². The lowest BCUT2D eigenvalue weighted by molar-refractivity contribution is 0.0766. The minimum atomic E-state index is -3.74. The molecule has 1 aromatic heterocycles. The van der Waals surface area contributed by atoms with Gasteiger partial charge in [-0.1, -0.05) is 17.7 Å². The van der Waals surface area contributed by atoms with Crippen LogP contribution in [0.15, 0.2) is 35.4 Å². The number of carbonyl (C=O) groups is 1. The predicted octanol–water partition coefficient (Wildman–Crippen LogP) is 2.77. The summed E-state index contributed by atoms with van der Waals surface area (Å²) in [4.78, 5) is 14.4. The van der Waals surface area contributed by atoms with E-state index in [9.17, 15) is 13.2 Å². The highest BCUT2D eigenvalue weighted by Gasteiger charge is 2.26. The van der Waals surface area contributed by atoms with Crippen LogP contribution in [0.5, 0.6) is 0 Å². The third-order valence-corrected chi connectivity index (χ3v) is 5.86. The van der Waals surface area contributed by atoms with Crippen LogP contribution in [0.3, 0.4) is 0 Å². The number of nitrogens with one attached hydrogen (secondary N) is 1. The number of hydrogen-bond acceptors (Lipinski definition) is 3. The first-order valence-corrected chi connectivity index (χ1v) is 9.89. The Morgan fingerprint density at radius 1 is 1.16 bits per heavy atom. The second-order valence-electron chi connectivity index (χ2n) is 6.42. The van der Waals surface area contributed by atoms with Gasteiger partial charge in [0.15, 0.2) is 0 Å². The smallest absolute Gasteiger partial charge is 0.270 e. The van der Waals surface area contributed by atoms with Crippen molar-refractivity contribution in [2.45, 2.75) is 38.6 Å². The molecule has 2 heterocycles. The van der Waals surface area contributed by atoms with Crippen molar-refractivity contribution in [3.63, 3.8) is 0 Å². The number of amides is 1. The molecule has 3 rings (SSSR count). The number of hydrogen-bond donors (Lipinski definition) is 1. The van der Waals surface area contributed by atoms with Gasteiger partial charge in [-0.3, -0.25) is 9.52 Å². The number of fused-ring (bicyclic) bond motifs is 1. The molecule has 0 saturated carbocycles. The molecule has 0 unspecified atom stereocenters. The van der Waals surface area contributed by atoms with Crippen molar-refractivity contribution in [1.29, 1.82) is 0 Å². The monoisotopic (exact) mass is 361 g/mol. The molecule has 1 aliphatic rings. The first-order valence-electron chi connectivity index (χ1n) is 8.41. The average Bonchev–Trinajstić information content (AvgIpc) is 2.93. The maximum Gasteiger partial charge on any atom is 0.270 e. The summed E-state index contributed by atoms with van der Waals surface area (Å²) in [5.41, 5.74) is 2.91. The zero-order chi connectivity index (χ0) is 18.2. The van der Waals surface area contributed by atoms with E-state index < -0.39 is 10.0 Å². The number of aromatic nitrogens is 1. The van der Waals surface area contributed by atoms with Crippen molar-refractivity contribution in [3.8, 4) is 0 Å². The fourth-order valence-electron chi connectivity index (χ4n) is 3.12. The Balaban J connectivity index is 1.94. The second-order valence-corrected chi connectivity index (χ2v) is 8.10. The third kappa shape index (κ3) is 3.42. The van der Waals surface area contributed by atoms with Gasteiger partial charge < -0.3 is 9.47 Å². The van der Waals surface area contributed by atoms with Gasteiger partial charge in [0.25, 0.3) is 15.9 Å². The molecule has 0 saturated heterocycles. The van der Waals surface area contributed by atoms with Gasteiger partial charge in [-0.25, -0.2) is 8.42 Å². The molecule has 0 bridgehead atoms. The van der Waals surface area contributed by atoms with Gasteiger partial charge in [0.05, 0.1) is 5.69 Å². The highest BCUT2D eigenvalue weighted by molar-refractivity contribution is 7.92. The molecule has 134 valence electrons. The van der Waals surface area contributed by atoms with Gasteiger partial charge in [-0.05, 0) is 44.9 Å². The van der Waals surface area contributed by atoms with E-state index in [1.54, 1.807) is 21.7 Å². The standard InChI is InChI=1S/C18H23N3O3S/c1-4-20-8-5-9-21-12-15(11-17(21)18(20)22)25(23,24)19-16-7-6-13(2)10-14(16)3/h6-7,10-12,19H,4-5,8-9H2,1-3H3. The van der Waals surface area contributed by atoms with Crippen molar-refractivity contribution >= 4 is 21.6 Å². The number of rotatable bonds is 4. The molecule has 2 aromatic rings. The minimum Gasteiger partial charge on any atom is -0.342 e. The first kappa shape index (κ1) is 17.5. The topological polar surface area (TPSA) is 71.4 Å². The summed E-state index contributed by atoms with van der Waals surface area (Å²) in [5, 5.41) is 0. The molecule has 1 aromatic carbocycles. The molecule has 7 heteroatoms. The van der Waals surface area contributed by atoms with Gasteiger partial charge in [-0.15, -0.1) is 0 Å². The minimum absolute atomic E-state index is 0.118. The zero-order valence-electron chi connectivity index (χ0n) is 14.7. The van der Waals surface area contributed by atoms with Crippen LogP contribution >= 0.6 is 0 Å². The fourth-order valence-corrected chi connectivity index (χ4v) is 4.29. The van der Waals surface area contributed by atoms with Gasteiger partial charge in [0.1, 0.15) is 10.6 Å². The summed E-state index contributed by atoms with van der Waals surface area (Å²) in [6, 6.07) is 7.02. The van der Waals surface area contributed by atoms with E-state index in [-0.39, 0.29) is 10.8 Å². The molecule has 0 aliphatic carbocycles. The Bertz CT molecular complexity index is 916. The van der Waals surface area contributed by atoms with E-state index >= 15 is 0 Å². The average molecular weight is 361 g/mol. The fraction of sp³-hybridized carbons (Fsp3) is 0.389. The molecule has 1 amide bonds. The summed E-state index contributed by atoms with van der Waals surface area (Å²) in [6.45, 7) is 7.70. The predicted molar refractivity (Wildman–Crippen MR) is 97.4 cm³/mol. The second kappa shape index (κ2) is 6.55. The van der Waals surface area contributed by atoms with Crippen molar-refractivity contribution in [3.05, 3.63) is 47.3 Å². The number of sulfonamides is 1. The van der Waals surface area contributed by atoms with Crippen LogP contribution in [0.4, 0.5) is 5.69 Å². The van der Waals surface area contributed by atoms with Gasteiger partial charge in [-0.2, -0.15) is 0 Å². The normalized spacial score (nSPS) is 15.0. The molecule has 0 spiro atoms. The van der Waals surface area contributed by atoms with Gasteiger partial charge in [0, 0.05) is 25.8 Å². The van der Waals surface area contributed by atoms with E-state index in [0.717, 1.165) is 17.5 Å². The third-order valence-electron chi connectivity index (χ3n) is 4.52. The Labute approximate surface area is 148 Å². The molecular weight excluding hydrogens is 338 g/mol. The largest absolute Gasteiger partial charge is 0.342 e. The Kier molecular flexibility index (Phi) is 4.60. The molecular formula is C18H23N3O3S. The number of anilines is 1. The van der Waals surface area contributed by atoms with Crippen LogP contribution in [0.25, 0.3) is 0 Å². The van der Waals surface area contributed by atoms with E-state index in [2.05, 4.69) is 4.72 Å². The lowest BCUT2D eigenvalue weighted by Crippen LogP contribution is -2.30. The van der Waals surface area contributed by atoms with Crippen molar-refractivity contribution in [1.82, 2.24) is 9.47 Å². The van der Waals surface area contributed by atoms with Crippen LogP contribution in [0.1, 0.15) is 35.0 Å². The van der Waals surface area contributed by atoms with Crippen LogP contribution in [-0.4, -0.2) is 36.9 Å². The highest BCUT2D eigenvalue weighted by atomic mass is 32.2. The summed E-state index contributed by atoms with van der Waals surface area (Å²) < 4.78 is 29.9. The molecule has 1 aliphatic heterocycles. The Morgan fingerprint density at radius 3 is 2.60 bits per heavy atom. The number of benzene rings is 1. The van der Waals surface area contributed by atoms with Crippen LogP contribution in [0, 0.1) is 13.8 Å². The number of carbonyl (C=O) groups excluding carboxylic acids is 1. The van der Waals surface area contributed by atoms with Crippen LogP contribution in [-0.2, 0) is 16.6 Å². The van der Waals surface area contributed by atoms with Crippen molar-refractivity contribution in [2.24, 2.45) is 0 Å². The van der Waals surface area contributed by atoms with Gasteiger partial charge >= 0.3 is 0 Å². The van der Waals surface area contributed by atoms with Gasteiger partial charge in [0.2, 0.25) is 0 Å². The molecule has 1 N–H and O–H groups in total. The molecule has 6 nitrogen and oxygen atoms in total. The lowest BCUT2D eigenvalue weighted by Gasteiger charge is -2.17.